The first-order valence-corrected chi connectivity index (χ1v) is 9.92. The van der Waals surface area contributed by atoms with E-state index in [2.05, 4.69) is 11.0 Å². The summed E-state index contributed by atoms with van der Waals surface area (Å²) in [6, 6.07) is 8.45. The summed E-state index contributed by atoms with van der Waals surface area (Å²) in [5, 5.41) is 0. The van der Waals surface area contributed by atoms with Crippen LogP contribution >= 0.6 is 12.4 Å². The fraction of sp³-hybridized carbons (Fsp3) is 0.667. The minimum Gasteiger partial charge on any atom is -0.381 e. The number of piperidine rings is 1. The lowest BCUT2D eigenvalue weighted by Crippen LogP contribution is -2.61. The number of ether oxygens (including phenoxy) is 2. The van der Waals surface area contributed by atoms with E-state index in [1.165, 1.54) is 19.3 Å². The Morgan fingerprint density at radius 1 is 1.19 bits per heavy atom. The van der Waals surface area contributed by atoms with Crippen LogP contribution in [0.2, 0.25) is 0 Å². The smallest absolute Gasteiger partial charge is 0.248 e. The molecule has 2 bridgehead atoms. The number of hydrogen-bond acceptors (Lipinski definition) is 4. The van der Waals surface area contributed by atoms with Crippen molar-refractivity contribution in [1.29, 1.82) is 0 Å². The van der Waals surface area contributed by atoms with Gasteiger partial charge in [0.05, 0.1) is 0 Å². The topological polar surface area (TPSA) is 64.8 Å². The summed E-state index contributed by atoms with van der Waals surface area (Å²) in [7, 11) is 1.84. The fourth-order valence-corrected chi connectivity index (χ4v) is 5.65. The number of amides is 1. The van der Waals surface area contributed by atoms with Crippen LogP contribution in [0.15, 0.2) is 24.3 Å². The van der Waals surface area contributed by atoms with Crippen molar-refractivity contribution in [2.24, 2.45) is 17.6 Å². The second kappa shape index (κ2) is 8.48. The maximum atomic E-state index is 11.7. The Bertz CT molecular complexity index is 649. The highest BCUT2D eigenvalue weighted by Gasteiger charge is 2.53. The van der Waals surface area contributed by atoms with Crippen LogP contribution in [-0.2, 0) is 15.1 Å². The molecule has 27 heavy (non-hydrogen) atoms. The number of fused-ring (bicyclic) bond motifs is 2. The van der Waals surface area contributed by atoms with E-state index in [1.54, 1.807) is 6.07 Å². The number of methoxy groups -OCH3 is 1. The van der Waals surface area contributed by atoms with Crippen molar-refractivity contribution in [2.75, 3.05) is 33.4 Å². The van der Waals surface area contributed by atoms with Crippen molar-refractivity contribution in [3.63, 3.8) is 0 Å². The largest absolute Gasteiger partial charge is 0.381 e. The molecule has 1 aliphatic carbocycles. The molecule has 2 N–H and O–H groups in total. The molecule has 1 amide bonds. The molecule has 1 aromatic carbocycles. The van der Waals surface area contributed by atoms with Crippen LogP contribution in [0.3, 0.4) is 0 Å². The molecule has 3 aliphatic rings. The van der Waals surface area contributed by atoms with Crippen LogP contribution in [0.5, 0.6) is 0 Å². The lowest BCUT2D eigenvalue weighted by molar-refractivity contribution is -0.177. The maximum Gasteiger partial charge on any atom is 0.248 e. The van der Waals surface area contributed by atoms with E-state index < -0.39 is 0 Å². The van der Waals surface area contributed by atoms with Gasteiger partial charge < -0.3 is 15.2 Å². The Morgan fingerprint density at radius 2 is 1.85 bits per heavy atom. The van der Waals surface area contributed by atoms with Crippen LogP contribution in [-0.4, -0.2) is 50.3 Å². The van der Waals surface area contributed by atoms with Crippen molar-refractivity contribution in [1.82, 2.24) is 4.90 Å². The molecule has 0 radical (unpaired) electrons. The Hall–Kier alpha value is -1.14. The molecule has 5 nitrogen and oxygen atoms in total. The lowest BCUT2D eigenvalue weighted by atomic mass is 9.62. The van der Waals surface area contributed by atoms with E-state index in [4.69, 9.17) is 15.2 Å². The third-order valence-electron chi connectivity index (χ3n) is 6.87. The van der Waals surface area contributed by atoms with Gasteiger partial charge in [0.2, 0.25) is 5.91 Å². The second-order valence-corrected chi connectivity index (χ2v) is 8.06. The zero-order valence-corrected chi connectivity index (χ0v) is 16.9. The predicted octanol–water partition coefficient (Wildman–Crippen LogP) is 2.96. The maximum absolute atomic E-state index is 11.7. The number of carbonyl (C=O) groups is 1. The summed E-state index contributed by atoms with van der Waals surface area (Å²) in [6.07, 6.45) is 5.88. The summed E-state index contributed by atoms with van der Waals surface area (Å²) in [5.74, 6) is 0.528. The van der Waals surface area contributed by atoms with Crippen molar-refractivity contribution in [2.45, 2.75) is 43.7 Å². The molecule has 2 aliphatic heterocycles. The molecule has 4 rings (SSSR count). The molecule has 3 atom stereocenters. The third kappa shape index (κ3) is 3.63. The summed E-state index contributed by atoms with van der Waals surface area (Å²) < 4.78 is 11.9. The van der Waals surface area contributed by atoms with Gasteiger partial charge in [-0.15, -0.1) is 12.4 Å². The number of carbonyl (C=O) groups excluding carboxylic acids is 1. The molecule has 0 spiro atoms. The van der Waals surface area contributed by atoms with Crippen LogP contribution in [0, 0.1) is 11.8 Å². The van der Waals surface area contributed by atoms with Crippen molar-refractivity contribution in [3.05, 3.63) is 35.4 Å². The Morgan fingerprint density at radius 3 is 2.44 bits per heavy atom. The second-order valence-electron chi connectivity index (χ2n) is 8.06. The van der Waals surface area contributed by atoms with E-state index >= 15 is 0 Å². The van der Waals surface area contributed by atoms with E-state index in [1.807, 2.05) is 19.2 Å². The van der Waals surface area contributed by atoms with Gasteiger partial charge in [-0.05, 0) is 43.4 Å². The van der Waals surface area contributed by atoms with Crippen LogP contribution in [0.4, 0.5) is 0 Å². The van der Waals surface area contributed by atoms with Gasteiger partial charge in [0.15, 0.2) is 0 Å². The molecule has 1 saturated carbocycles. The lowest BCUT2D eigenvalue weighted by Gasteiger charge is -2.57. The quantitative estimate of drug-likeness (QED) is 0.852. The highest BCUT2D eigenvalue weighted by molar-refractivity contribution is 5.92. The van der Waals surface area contributed by atoms with Gasteiger partial charge in [-0.1, -0.05) is 18.6 Å². The fourth-order valence-electron chi connectivity index (χ4n) is 5.65. The summed E-state index contributed by atoms with van der Waals surface area (Å²) in [6.45, 7) is 3.89. The van der Waals surface area contributed by atoms with E-state index in [-0.39, 0.29) is 23.9 Å². The number of benzene rings is 1. The van der Waals surface area contributed by atoms with Crippen LogP contribution in [0.1, 0.15) is 48.0 Å². The number of rotatable bonds is 4. The molecule has 0 aromatic heterocycles. The van der Waals surface area contributed by atoms with Gasteiger partial charge in [-0.3, -0.25) is 9.69 Å². The molecular formula is C21H31ClN2O3. The molecule has 150 valence electrons. The highest BCUT2D eigenvalue weighted by atomic mass is 35.5. The SMILES string of the molecule is CO[C@]1(c2cccc(C(N)=O)c2)[C@@H]2CCC[C@H]1CN(C1CCOCC1)C2.Cl. The highest BCUT2D eigenvalue weighted by Crippen LogP contribution is 2.52. The Balaban J connectivity index is 0.00000210. The number of halogens is 1. The van der Waals surface area contributed by atoms with E-state index in [0.29, 0.717) is 23.4 Å². The van der Waals surface area contributed by atoms with Gasteiger partial charge >= 0.3 is 0 Å². The minimum absolute atomic E-state index is 0. The predicted molar refractivity (Wildman–Crippen MR) is 107 cm³/mol. The molecule has 1 aromatic rings. The first kappa shape index (κ1) is 20.6. The van der Waals surface area contributed by atoms with Crippen molar-refractivity contribution in [3.8, 4) is 0 Å². The monoisotopic (exact) mass is 394 g/mol. The zero-order valence-electron chi connectivity index (χ0n) is 16.1. The number of hydrogen-bond donors (Lipinski definition) is 1. The minimum atomic E-state index is -0.372. The van der Waals surface area contributed by atoms with Gasteiger partial charge in [-0.25, -0.2) is 0 Å². The normalized spacial score (nSPS) is 31.9. The van der Waals surface area contributed by atoms with Gasteiger partial charge in [0.25, 0.3) is 0 Å². The molecule has 6 heteroatoms. The molecule has 2 saturated heterocycles. The van der Waals surface area contributed by atoms with Crippen molar-refractivity contribution < 1.29 is 14.3 Å². The summed E-state index contributed by atoms with van der Waals surface area (Å²) >= 11 is 0. The Labute approximate surface area is 168 Å². The number of nitrogens with zero attached hydrogens (tertiary/aromatic N) is 1. The van der Waals surface area contributed by atoms with E-state index in [0.717, 1.165) is 44.7 Å². The number of likely N-dealkylation sites (tertiary alicyclic amines) is 1. The van der Waals surface area contributed by atoms with Crippen LogP contribution < -0.4 is 5.73 Å². The number of primary amides is 1. The average molecular weight is 395 g/mol. The Kier molecular flexibility index (Phi) is 6.46. The average Bonchev–Trinajstić information content (AvgIpc) is 2.67. The van der Waals surface area contributed by atoms with Gasteiger partial charge in [0.1, 0.15) is 5.60 Å². The summed E-state index contributed by atoms with van der Waals surface area (Å²) in [5.41, 5.74) is 6.93. The summed E-state index contributed by atoms with van der Waals surface area (Å²) in [4.78, 5) is 14.4. The third-order valence-corrected chi connectivity index (χ3v) is 6.87. The first-order valence-electron chi connectivity index (χ1n) is 9.92. The van der Waals surface area contributed by atoms with Gasteiger partial charge in [0, 0.05) is 56.9 Å². The zero-order chi connectivity index (χ0) is 18.1. The molecule has 2 heterocycles. The van der Waals surface area contributed by atoms with Gasteiger partial charge in [-0.2, -0.15) is 0 Å². The molecular weight excluding hydrogens is 364 g/mol. The molecule has 0 unspecified atom stereocenters. The standard InChI is InChI=1S/C21H30N2O3.ClH/c1-25-21(16-5-2-4-15(12-16)20(22)24)17-6-3-7-18(21)14-23(13-17)19-8-10-26-11-9-19;/h2,4-5,12,17-19H,3,6-11,13-14H2,1H3,(H2,22,24);1H/t17-,18+,21-;. The van der Waals surface area contributed by atoms with Crippen LogP contribution in [0.25, 0.3) is 0 Å². The molecule has 3 fully saturated rings. The number of nitrogens with two attached hydrogens (primary N) is 1. The first-order chi connectivity index (χ1) is 12.6. The van der Waals surface area contributed by atoms with Crippen molar-refractivity contribution >= 4 is 18.3 Å². The van der Waals surface area contributed by atoms with E-state index in [9.17, 15) is 4.79 Å².